The highest BCUT2D eigenvalue weighted by molar-refractivity contribution is 6.32. The van der Waals surface area contributed by atoms with Crippen LogP contribution in [0.3, 0.4) is 0 Å². The number of carbonyl (C=O) groups excluding carboxylic acids is 2. The van der Waals surface area contributed by atoms with Crippen molar-refractivity contribution in [3.05, 3.63) is 23.2 Å². The van der Waals surface area contributed by atoms with Crippen LogP contribution in [0.2, 0.25) is 5.02 Å². The Morgan fingerprint density at radius 1 is 1.32 bits per heavy atom. The fraction of sp³-hybridized carbons (Fsp3) is 0.467. The Labute approximate surface area is 135 Å². The van der Waals surface area contributed by atoms with Crippen molar-refractivity contribution in [2.24, 2.45) is 0 Å². The van der Waals surface area contributed by atoms with Gasteiger partial charge in [-0.3, -0.25) is 9.59 Å². The summed E-state index contributed by atoms with van der Waals surface area (Å²) in [6.45, 7) is 2.62. The molecule has 0 atom stereocenters. The number of hydrogen-bond donors (Lipinski definition) is 1. The molecule has 0 spiro atoms. The van der Waals surface area contributed by atoms with Crippen LogP contribution in [-0.2, 0) is 14.3 Å². The van der Waals surface area contributed by atoms with E-state index in [4.69, 9.17) is 21.1 Å². The number of methoxy groups -OCH3 is 2. The number of ether oxygens (including phenoxy) is 2. The number of nitrogens with zero attached hydrogens (tertiary/aromatic N) is 1. The van der Waals surface area contributed by atoms with Gasteiger partial charge in [-0.05, 0) is 18.2 Å². The molecule has 0 aliphatic carbocycles. The molecular formula is C15H21ClN2O4. The van der Waals surface area contributed by atoms with Crippen molar-refractivity contribution in [3.8, 4) is 5.75 Å². The van der Waals surface area contributed by atoms with Crippen LogP contribution >= 0.6 is 11.6 Å². The molecule has 7 heteroatoms. The Kier molecular flexibility index (Phi) is 7.70. The van der Waals surface area contributed by atoms with E-state index in [1.54, 1.807) is 25.3 Å². The van der Waals surface area contributed by atoms with Gasteiger partial charge in [-0.1, -0.05) is 11.6 Å². The first-order valence-corrected chi connectivity index (χ1v) is 7.24. The van der Waals surface area contributed by atoms with E-state index in [-0.39, 0.29) is 24.8 Å². The fourth-order valence-corrected chi connectivity index (χ4v) is 2.14. The zero-order valence-electron chi connectivity index (χ0n) is 13.0. The number of nitrogens with one attached hydrogen (secondary N) is 1. The minimum Gasteiger partial charge on any atom is -0.495 e. The molecule has 0 heterocycles. The molecule has 1 N–H and O–H groups in total. The molecule has 0 aromatic heterocycles. The number of carbonyl (C=O) groups is 2. The summed E-state index contributed by atoms with van der Waals surface area (Å²) < 4.78 is 9.94. The van der Waals surface area contributed by atoms with Gasteiger partial charge >= 0.3 is 0 Å². The summed E-state index contributed by atoms with van der Waals surface area (Å²) in [5.74, 6) is 0.236. The molecule has 22 heavy (non-hydrogen) atoms. The molecule has 2 amide bonds. The minimum atomic E-state index is -0.161. The Balaban J connectivity index is 2.68. The average molecular weight is 329 g/mol. The van der Waals surface area contributed by atoms with Crippen molar-refractivity contribution >= 4 is 29.1 Å². The van der Waals surface area contributed by atoms with Gasteiger partial charge in [0.15, 0.2) is 0 Å². The number of anilines is 1. The molecule has 122 valence electrons. The van der Waals surface area contributed by atoms with E-state index < -0.39 is 0 Å². The van der Waals surface area contributed by atoms with Crippen molar-refractivity contribution in [1.82, 2.24) is 5.32 Å². The molecule has 0 saturated carbocycles. The number of hydrogen-bond acceptors (Lipinski definition) is 4. The van der Waals surface area contributed by atoms with Gasteiger partial charge in [0, 0.05) is 39.2 Å². The standard InChI is InChI=1S/C15H21ClN2O4/c1-11(19)18(8-6-15(20)17-7-9-21-2)12-4-5-14(22-3)13(16)10-12/h4-5,10H,6-9H2,1-3H3,(H,17,20). The van der Waals surface area contributed by atoms with E-state index in [0.717, 1.165) is 0 Å². The quantitative estimate of drug-likeness (QED) is 0.740. The van der Waals surface area contributed by atoms with Gasteiger partial charge in [0.05, 0.1) is 18.7 Å². The maximum absolute atomic E-state index is 11.8. The molecule has 0 bridgehead atoms. The summed E-state index contributed by atoms with van der Waals surface area (Å²) in [4.78, 5) is 25.0. The third-order valence-electron chi connectivity index (χ3n) is 3.02. The van der Waals surface area contributed by atoms with Gasteiger partial charge in [-0.15, -0.1) is 0 Å². The van der Waals surface area contributed by atoms with Crippen LogP contribution < -0.4 is 15.0 Å². The maximum Gasteiger partial charge on any atom is 0.223 e. The lowest BCUT2D eigenvalue weighted by molar-refractivity contribution is -0.121. The van der Waals surface area contributed by atoms with Gasteiger partial charge < -0.3 is 19.7 Å². The van der Waals surface area contributed by atoms with Crippen LogP contribution in [0.5, 0.6) is 5.75 Å². The minimum absolute atomic E-state index is 0.136. The molecular weight excluding hydrogens is 308 g/mol. The summed E-state index contributed by atoms with van der Waals surface area (Å²) in [5, 5.41) is 3.12. The Morgan fingerprint density at radius 3 is 2.59 bits per heavy atom. The summed E-state index contributed by atoms with van der Waals surface area (Å²) >= 11 is 6.07. The second-order valence-electron chi connectivity index (χ2n) is 4.58. The first kappa shape index (κ1) is 18.3. The number of rotatable bonds is 8. The highest BCUT2D eigenvalue weighted by atomic mass is 35.5. The topological polar surface area (TPSA) is 67.9 Å². The van der Waals surface area contributed by atoms with Crippen molar-refractivity contribution in [2.75, 3.05) is 38.8 Å². The van der Waals surface area contributed by atoms with Gasteiger partial charge in [-0.2, -0.15) is 0 Å². The predicted octanol–water partition coefficient (Wildman–Crippen LogP) is 1.85. The molecule has 0 radical (unpaired) electrons. The van der Waals surface area contributed by atoms with Crippen LogP contribution in [-0.4, -0.2) is 45.7 Å². The molecule has 0 aliphatic heterocycles. The van der Waals surface area contributed by atoms with Gasteiger partial charge in [-0.25, -0.2) is 0 Å². The van der Waals surface area contributed by atoms with Crippen molar-refractivity contribution in [2.45, 2.75) is 13.3 Å². The first-order chi connectivity index (χ1) is 10.5. The normalized spacial score (nSPS) is 10.2. The van der Waals surface area contributed by atoms with Gasteiger partial charge in [0.2, 0.25) is 11.8 Å². The first-order valence-electron chi connectivity index (χ1n) is 6.87. The van der Waals surface area contributed by atoms with Crippen LogP contribution in [0, 0.1) is 0 Å². The van der Waals surface area contributed by atoms with Crippen molar-refractivity contribution in [3.63, 3.8) is 0 Å². The van der Waals surface area contributed by atoms with Gasteiger partial charge in [0.1, 0.15) is 5.75 Å². The third kappa shape index (κ3) is 5.54. The lowest BCUT2D eigenvalue weighted by Crippen LogP contribution is -2.34. The molecule has 1 rings (SSSR count). The highest BCUT2D eigenvalue weighted by Gasteiger charge is 2.15. The van der Waals surface area contributed by atoms with Crippen LogP contribution in [0.4, 0.5) is 5.69 Å². The Hall–Kier alpha value is -1.79. The van der Waals surface area contributed by atoms with Gasteiger partial charge in [0.25, 0.3) is 0 Å². The second kappa shape index (κ2) is 9.27. The lowest BCUT2D eigenvalue weighted by Gasteiger charge is -2.21. The molecule has 0 fully saturated rings. The monoisotopic (exact) mass is 328 g/mol. The maximum atomic E-state index is 11.8. The van der Waals surface area contributed by atoms with Crippen LogP contribution in [0.1, 0.15) is 13.3 Å². The van der Waals surface area contributed by atoms with E-state index in [0.29, 0.717) is 29.6 Å². The van der Waals surface area contributed by atoms with E-state index in [2.05, 4.69) is 5.32 Å². The number of benzene rings is 1. The zero-order valence-corrected chi connectivity index (χ0v) is 13.8. The van der Waals surface area contributed by atoms with E-state index >= 15 is 0 Å². The molecule has 1 aromatic rings. The summed E-state index contributed by atoms with van der Waals surface area (Å²) in [5.41, 5.74) is 0.628. The van der Waals surface area contributed by atoms with E-state index in [9.17, 15) is 9.59 Å². The Bertz CT molecular complexity index is 522. The smallest absolute Gasteiger partial charge is 0.223 e. The van der Waals surface area contributed by atoms with E-state index in [1.807, 2.05) is 0 Å². The van der Waals surface area contributed by atoms with Crippen LogP contribution in [0.25, 0.3) is 0 Å². The highest BCUT2D eigenvalue weighted by Crippen LogP contribution is 2.29. The molecule has 1 aromatic carbocycles. The predicted molar refractivity (Wildman–Crippen MR) is 85.5 cm³/mol. The summed E-state index contributed by atoms with van der Waals surface area (Å²) in [7, 11) is 3.09. The second-order valence-corrected chi connectivity index (χ2v) is 4.99. The summed E-state index contributed by atoms with van der Waals surface area (Å²) in [6, 6.07) is 5.06. The Morgan fingerprint density at radius 2 is 2.05 bits per heavy atom. The molecule has 0 aliphatic rings. The lowest BCUT2D eigenvalue weighted by atomic mass is 10.2. The largest absolute Gasteiger partial charge is 0.495 e. The number of halogens is 1. The molecule has 6 nitrogen and oxygen atoms in total. The average Bonchev–Trinajstić information content (AvgIpc) is 2.47. The van der Waals surface area contributed by atoms with Crippen molar-refractivity contribution in [1.29, 1.82) is 0 Å². The summed E-state index contributed by atoms with van der Waals surface area (Å²) in [6.07, 6.45) is 0.201. The van der Waals surface area contributed by atoms with E-state index in [1.165, 1.54) is 18.9 Å². The zero-order chi connectivity index (χ0) is 16.5. The molecule has 0 unspecified atom stereocenters. The SMILES string of the molecule is COCCNC(=O)CCN(C(C)=O)c1ccc(OC)c(Cl)c1. The third-order valence-corrected chi connectivity index (χ3v) is 3.31. The fourth-order valence-electron chi connectivity index (χ4n) is 1.89. The van der Waals surface area contributed by atoms with Crippen molar-refractivity contribution < 1.29 is 19.1 Å². The molecule has 0 saturated heterocycles. The number of amides is 2. The van der Waals surface area contributed by atoms with Crippen LogP contribution in [0.15, 0.2) is 18.2 Å².